The molecule has 1 aromatic carbocycles. The minimum absolute atomic E-state index is 1.28. The summed E-state index contributed by atoms with van der Waals surface area (Å²) in [5.74, 6) is 0. The number of rotatable bonds is 20. The van der Waals surface area contributed by atoms with Crippen molar-refractivity contribution in [3.8, 4) is 0 Å². The molecule has 0 aliphatic heterocycles. The quantitative estimate of drug-likeness (QED) is 0.191. The molecular weight excluding hydrogens is 348 g/mol. The van der Waals surface area contributed by atoms with Crippen LogP contribution >= 0.6 is 0 Å². The molecule has 0 aliphatic carbocycles. The summed E-state index contributed by atoms with van der Waals surface area (Å²) in [6.07, 6.45) is 28.2. The van der Waals surface area contributed by atoms with Crippen molar-refractivity contribution in [3.05, 3.63) is 34.9 Å². The number of aryl methyl sites for hydroxylation is 2. The molecule has 0 heteroatoms. The van der Waals surface area contributed by atoms with Crippen molar-refractivity contribution in [2.45, 2.75) is 149 Å². The van der Waals surface area contributed by atoms with E-state index >= 15 is 0 Å². The molecular formula is C29H52. The summed E-state index contributed by atoms with van der Waals surface area (Å²) in [5, 5.41) is 0. The third kappa shape index (κ3) is 14.0. The molecule has 0 unspecified atom stereocenters. The Balaban J connectivity index is 2.11. The minimum atomic E-state index is 1.28. The second-order valence-corrected chi connectivity index (χ2v) is 9.36. The van der Waals surface area contributed by atoms with E-state index in [4.69, 9.17) is 0 Å². The largest absolute Gasteiger partial charge is 0.0654 e. The fourth-order valence-electron chi connectivity index (χ4n) is 4.53. The first-order chi connectivity index (χ1) is 14.3. The summed E-state index contributed by atoms with van der Waals surface area (Å²) in [6, 6.07) is 7.05. The monoisotopic (exact) mass is 400 g/mol. The molecule has 0 aliphatic rings. The van der Waals surface area contributed by atoms with Crippen LogP contribution in [0.4, 0.5) is 0 Å². The van der Waals surface area contributed by atoms with Crippen LogP contribution in [0.25, 0.3) is 0 Å². The Labute approximate surface area is 184 Å². The molecule has 0 saturated carbocycles. The maximum absolute atomic E-state index is 2.37. The normalized spacial score (nSPS) is 11.3. The highest BCUT2D eigenvalue weighted by Gasteiger charge is 2.04. The molecule has 0 radical (unpaired) electrons. The molecule has 0 nitrogen and oxygen atoms in total. The van der Waals surface area contributed by atoms with Crippen LogP contribution in [0.3, 0.4) is 0 Å². The summed E-state index contributed by atoms with van der Waals surface area (Å²) in [7, 11) is 0. The van der Waals surface area contributed by atoms with Gasteiger partial charge in [0.25, 0.3) is 0 Å². The van der Waals surface area contributed by atoms with Crippen LogP contribution in [0, 0.1) is 6.92 Å². The molecule has 1 rings (SSSR count). The average molecular weight is 401 g/mol. The van der Waals surface area contributed by atoms with E-state index in [-0.39, 0.29) is 0 Å². The third-order valence-electron chi connectivity index (χ3n) is 6.66. The number of hydrogen-bond acceptors (Lipinski definition) is 0. The van der Waals surface area contributed by atoms with Crippen molar-refractivity contribution in [2.24, 2.45) is 0 Å². The maximum atomic E-state index is 2.37. The fraction of sp³-hybridized carbons (Fsp3) is 0.793. The van der Waals surface area contributed by atoms with E-state index in [1.165, 1.54) is 128 Å². The summed E-state index contributed by atoms with van der Waals surface area (Å²) in [4.78, 5) is 0. The second-order valence-electron chi connectivity index (χ2n) is 9.36. The van der Waals surface area contributed by atoms with E-state index in [1.807, 2.05) is 0 Å². The summed E-state index contributed by atoms with van der Waals surface area (Å²) >= 11 is 0. The van der Waals surface area contributed by atoms with Crippen LogP contribution < -0.4 is 0 Å². The van der Waals surface area contributed by atoms with Crippen molar-refractivity contribution in [2.75, 3.05) is 0 Å². The van der Waals surface area contributed by atoms with E-state index in [9.17, 15) is 0 Å². The molecule has 0 N–H and O–H groups in total. The first-order valence-electron chi connectivity index (χ1n) is 13.4. The lowest BCUT2D eigenvalue weighted by Gasteiger charge is -2.12. The van der Waals surface area contributed by atoms with Crippen LogP contribution in [0.15, 0.2) is 18.2 Å². The van der Waals surface area contributed by atoms with E-state index in [1.54, 1.807) is 16.7 Å². The van der Waals surface area contributed by atoms with Gasteiger partial charge >= 0.3 is 0 Å². The number of unbranched alkanes of at least 4 members (excludes halogenated alkanes) is 16. The lowest BCUT2D eigenvalue weighted by atomic mass is 9.94. The molecule has 0 heterocycles. The van der Waals surface area contributed by atoms with Gasteiger partial charge in [0.15, 0.2) is 0 Å². The maximum Gasteiger partial charge on any atom is -0.0276 e. The number of benzene rings is 1. The Kier molecular flexibility index (Phi) is 17.4. The molecule has 0 bridgehead atoms. The predicted molar refractivity (Wildman–Crippen MR) is 133 cm³/mol. The van der Waals surface area contributed by atoms with Crippen molar-refractivity contribution < 1.29 is 0 Å². The zero-order valence-corrected chi connectivity index (χ0v) is 20.4. The van der Waals surface area contributed by atoms with Gasteiger partial charge in [-0.3, -0.25) is 0 Å². The predicted octanol–water partition coefficient (Wildman–Crippen LogP) is 10.1. The van der Waals surface area contributed by atoms with Crippen molar-refractivity contribution in [3.63, 3.8) is 0 Å². The van der Waals surface area contributed by atoms with Gasteiger partial charge in [0, 0.05) is 0 Å². The Morgan fingerprint density at radius 1 is 0.448 bits per heavy atom. The highest BCUT2D eigenvalue weighted by atomic mass is 14.1. The van der Waals surface area contributed by atoms with Crippen molar-refractivity contribution in [1.29, 1.82) is 0 Å². The van der Waals surface area contributed by atoms with Crippen LogP contribution in [-0.2, 0) is 12.8 Å². The van der Waals surface area contributed by atoms with Gasteiger partial charge < -0.3 is 0 Å². The van der Waals surface area contributed by atoms with Crippen LogP contribution in [0.2, 0.25) is 0 Å². The zero-order chi connectivity index (χ0) is 21.0. The first kappa shape index (κ1) is 26.3. The molecule has 29 heavy (non-hydrogen) atoms. The smallest absolute Gasteiger partial charge is 0.0276 e. The Morgan fingerprint density at radius 2 is 0.759 bits per heavy atom. The first-order valence-corrected chi connectivity index (χ1v) is 13.4. The summed E-state index contributed by atoms with van der Waals surface area (Å²) in [6.45, 7) is 6.97. The molecule has 0 atom stereocenters. The van der Waals surface area contributed by atoms with Crippen molar-refractivity contribution in [1.82, 2.24) is 0 Å². The standard InChI is InChI=1S/C29H52/c1-4-6-8-10-12-14-16-18-20-23-28-25-22-26-29(27(28)3)24-21-19-17-15-13-11-9-7-5-2/h22,25-26H,4-21,23-24H2,1-3H3. The van der Waals surface area contributed by atoms with E-state index in [0.29, 0.717) is 0 Å². The van der Waals surface area contributed by atoms with Crippen LogP contribution in [0.5, 0.6) is 0 Å². The lowest BCUT2D eigenvalue weighted by molar-refractivity contribution is 0.563. The van der Waals surface area contributed by atoms with Crippen LogP contribution in [-0.4, -0.2) is 0 Å². The van der Waals surface area contributed by atoms with E-state index in [2.05, 4.69) is 39.0 Å². The molecule has 0 saturated heterocycles. The second kappa shape index (κ2) is 19.2. The van der Waals surface area contributed by atoms with E-state index < -0.39 is 0 Å². The van der Waals surface area contributed by atoms with Gasteiger partial charge in [-0.25, -0.2) is 0 Å². The van der Waals surface area contributed by atoms with Crippen LogP contribution in [0.1, 0.15) is 146 Å². The molecule has 0 amide bonds. The highest BCUT2D eigenvalue weighted by Crippen LogP contribution is 2.20. The molecule has 0 spiro atoms. The Hall–Kier alpha value is -0.780. The van der Waals surface area contributed by atoms with Gasteiger partial charge in [-0.2, -0.15) is 0 Å². The molecule has 0 aromatic heterocycles. The Morgan fingerprint density at radius 3 is 1.10 bits per heavy atom. The summed E-state index contributed by atoms with van der Waals surface area (Å²) < 4.78 is 0. The molecule has 0 fully saturated rings. The van der Waals surface area contributed by atoms with Gasteiger partial charge in [-0.15, -0.1) is 0 Å². The summed E-state index contributed by atoms with van der Waals surface area (Å²) in [5.41, 5.74) is 4.81. The third-order valence-corrected chi connectivity index (χ3v) is 6.66. The lowest BCUT2D eigenvalue weighted by Crippen LogP contribution is -1.97. The van der Waals surface area contributed by atoms with Gasteiger partial charge in [0.1, 0.15) is 0 Å². The van der Waals surface area contributed by atoms with Gasteiger partial charge in [-0.05, 0) is 49.3 Å². The van der Waals surface area contributed by atoms with Gasteiger partial charge in [0.2, 0.25) is 0 Å². The molecule has 168 valence electrons. The zero-order valence-electron chi connectivity index (χ0n) is 20.4. The molecule has 1 aromatic rings. The van der Waals surface area contributed by atoms with Gasteiger partial charge in [-0.1, -0.05) is 135 Å². The van der Waals surface area contributed by atoms with Crippen molar-refractivity contribution >= 4 is 0 Å². The van der Waals surface area contributed by atoms with Gasteiger partial charge in [0.05, 0.1) is 0 Å². The highest BCUT2D eigenvalue weighted by molar-refractivity contribution is 5.34. The van der Waals surface area contributed by atoms with E-state index in [0.717, 1.165) is 0 Å². The fourth-order valence-corrected chi connectivity index (χ4v) is 4.53. The minimum Gasteiger partial charge on any atom is -0.0654 e. The SMILES string of the molecule is CCCCCCCCCCCc1cccc(CCCCCCCCCCC)c1C. The average Bonchev–Trinajstić information content (AvgIpc) is 2.73. The number of hydrogen-bond donors (Lipinski definition) is 0. The Bertz CT molecular complexity index is 433. The topological polar surface area (TPSA) is 0 Å².